The van der Waals surface area contributed by atoms with Gasteiger partial charge in [0.1, 0.15) is 5.75 Å². The molecule has 1 fully saturated rings. The Morgan fingerprint density at radius 1 is 0.808 bits per heavy atom. The Labute approximate surface area is 155 Å². The summed E-state index contributed by atoms with van der Waals surface area (Å²) >= 11 is 0. The zero-order valence-electron chi connectivity index (χ0n) is 15.8. The molecule has 1 heterocycles. The molecule has 1 aliphatic rings. The van der Waals surface area contributed by atoms with Crippen LogP contribution in [0.2, 0.25) is 0 Å². The SMILES string of the molecule is COc1ccccc1C(c1cccc(OC)c1OC)N1CCCNCC1. The third-order valence-electron chi connectivity index (χ3n) is 4.90. The monoisotopic (exact) mass is 356 g/mol. The van der Waals surface area contributed by atoms with E-state index < -0.39 is 0 Å². The molecule has 0 saturated carbocycles. The Morgan fingerprint density at radius 3 is 2.31 bits per heavy atom. The molecule has 0 radical (unpaired) electrons. The summed E-state index contributed by atoms with van der Waals surface area (Å²) < 4.78 is 17.0. The second-order valence-electron chi connectivity index (χ2n) is 6.37. The zero-order valence-corrected chi connectivity index (χ0v) is 15.8. The summed E-state index contributed by atoms with van der Waals surface area (Å²) in [5.74, 6) is 2.42. The Morgan fingerprint density at radius 2 is 1.54 bits per heavy atom. The quantitative estimate of drug-likeness (QED) is 0.862. The van der Waals surface area contributed by atoms with Crippen LogP contribution < -0.4 is 19.5 Å². The fourth-order valence-electron chi connectivity index (χ4n) is 3.71. The average Bonchev–Trinajstić information content (AvgIpc) is 2.97. The molecule has 0 spiro atoms. The minimum absolute atomic E-state index is 0.0381. The van der Waals surface area contributed by atoms with Crippen molar-refractivity contribution in [2.24, 2.45) is 0 Å². The number of hydrogen-bond acceptors (Lipinski definition) is 5. The maximum absolute atomic E-state index is 5.76. The van der Waals surface area contributed by atoms with Gasteiger partial charge < -0.3 is 19.5 Å². The topological polar surface area (TPSA) is 43.0 Å². The van der Waals surface area contributed by atoms with Gasteiger partial charge in [-0.25, -0.2) is 0 Å². The van der Waals surface area contributed by atoms with E-state index >= 15 is 0 Å². The van der Waals surface area contributed by atoms with Gasteiger partial charge in [-0.05, 0) is 25.1 Å². The van der Waals surface area contributed by atoms with Crippen molar-refractivity contribution in [3.05, 3.63) is 53.6 Å². The van der Waals surface area contributed by atoms with E-state index in [1.807, 2.05) is 24.3 Å². The predicted molar refractivity (Wildman–Crippen MR) is 103 cm³/mol. The van der Waals surface area contributed by atoms with E-state index in [1.54, 1.807) is 21.3 Å². The van der Waals surface area contributed by atoms with Crippen LogP contribution >= 0.6 is 0 Å². The summed E-state index contributed by atoms with van der Waals surface area (Å²) in [5, 5.41) is 3.49. The van der Waals surface area contributed by atoms with E-state index in [0.29, 0.717) is 0 Å². The smallest absolute Gasteiger partial charge is 0.165 e. The van der Waals surface area contributed by atoms with Gasteiger partial charge in [0, 0.05) is 30.8 Å². The highest BCUT2D eigenvalue weighted by atomic mass is 16.5. The second-order valence-corrected chi connectivity index (χ2v) is 6.37. The first-order chi connectivity index (χ1) is 12.8. The van der Waals surface area contributed by atoms with Gasteiger partial charge in [0.05, 0.1) is 27.4 Å². The van der Waals surface area contributed by atoms with Gasteiger partial charge in [-0.1, -0.05) is 30.3 Å². The van der Waals surface area contributed by atoms with Crippen LogP contribution in [0.3, 0.4) is 0 Å². The van der Waals surface area contributed by atoms with E-state index in [4.69, 9.17) is 14.2 Å². The number of methoxy groups -OCH3 is 3. The lowest BCUT2D eigenvalue weighted by Crippen LogP contribution is -2.33. The van der Waals surface area contributed by atoms with Gasteiger partial charge in [-0.3, -0.25) is 4.90 Å². The molecule has 0 aromatic heterocycles. The van der Waals surface area contributed by atoms with Crippen LogP contribution in [0, 0.1) is 0 Å². The highest BCUT2D eigenvalue weighted by molar-refractivity contribution is 5.52. The van der Waals surface area contributed by atoms with Crippen molar-refractivity contribution in [3.8, 4) is 17.2 Å². The number of para-hydroxylation sites is 2. The number of nitrogens with zero attached hydrogens (tertiary/aromatic N) is 1. The van der Waals surface area contributed by atoms with Crippen LogP contribution in [0.15, 0.2) is 42.5 Å². The molecular formula is C21H28N2O3. The first-order valence-electron chi connectivity index (χ1n) is 9.08. The maximum Gasteiger partial charge on any atom is 0.165 e. The highest BCUT2D eigenvalue weighted by Crippen LogP contribution is 2.42. The normalized spacial score (nSPS) is 16.6. The number of ether oxygens (including phenoxy) is 3. The summed E-state index contributed by atoms with van der Waals surface area (Å²) in [7, 11) is 5.10. The number of rotatable bonds is 6. The molecule has 5 heteroatoms. The van der Waals surface area contributed by atoms with Crippen LogP contribution in [0.4, 0.5) is 0 Å². The van der Waals surface area contributed by atoms with E-state index in [0.717, 1.165) is 61.0 Å². The van der Waals surface area contributed by atoms with Crippen molar-refractivity contribution >= 4 is 0 Å². The number of benzene rings is 2. The van der Waals surface area contributed by atoms with E-state index in [2.05, 4.69) is 28.4 Å². The summed E-state index contributed by atoms with van der Waals surface area (Å²) in [5.41, 5.74) is 2.24. The Kier molecular flexibility index (Phi) is 6.36. The van der Waals surface area contributed by atoms with Crippen molar-refractivity contribution in [2.45, 2.75) is 12.5 Å². The third-order valence-corrected chi connectivity index (χ3v) is 4.90. The molecule has 0 amide bonds. The molecule has 1 N–H and O–H groups in total. The molecule has 2 aromatic carbocycles. The average molecular weight is 356 g/mol. The van der Waals surface area contributed by atoms with Crippen LogP contribution in [-0.4, -0.2) is 52.4 Å². The molecule has 3 rings (SSSR count). The van der Waals surface area contributed by atoms with Gasteiger partial charge in [-0.15, -0.1) is 0 Å². The predicted octanol–water partition coefficient (Wildman–Crippen LogP) is 3.10. The molecular weight excluding hydrogens is 328 g/mol. The molecule has 1 aliphatic heterocycles. The second kappa shape index (κ2) is 8.92. The van der Waals surface area contributed by atoms with E-state index in [9.17, 15) is 0 Å². The van der Waals surface area contributed by atoms with Gasteiger partial charge in [0.2, 0.25) is 0 Å². The minimum Gasteiger partial charge on any atom is -0.496 e. The van der Waals surface area contributed by atoms with Crippen molar-refractivity contribution in [1.82, 2.24) is 10.2 Å². The van der Waals surface area contributed by atoms with Crippen LogP contribution in [0.25, 0.3) is 0 Å². The number of nitrogens with one attached hydrogen (secondary N) is 1. The van der Waals surface area contributed by atoms with E-state index in [-0.39, 0.29) is 6.04 Å². The van der Waals surface area contributed by atoms with Crippen molar-refractivity contribution in [2.75, 3.05) is 47.5 Å². The first-order valence-corrected chi connectivity index (χ1v) is 9.08. The molecule has 2 aromatic rings. The molecule has 140 valence electrons. The van der Waals surface area contributed by atoms with Gasteiger partial charge >= 0.3 is 0 Å². The van der Waals surface area contributed by atoms with Gasteiger partial charge in [-0.2, -0.15) is 0 Å². The minimum atomic E-state index is 0.0381. The summed E-state index contributed by atoms with van der Waals surface area (Å²) in [6.07, 6.45) is 1.11. The molecule has 1 atom stereocenters. The lowest BCUT2D eigenvalue weighted by Gasteiger charge is -2.33. The zero-order chi connectivity index (χ0) is 18.4. The molecule has 0 aliphatic carbocycles. The standard InChI is InChI=1S/C21H28N2O3/c1-24-18-10-5-4-8-16(18)20(23-14-7-12-22-13-15-23)17-9-6-11-19(25-2)21(17)26-3/h4-6,8-11,20,22H,7,12-15H2,1-3H3. The van der Waals surface area contributed by atoms with Crippen molar-refractivity contribution in [3.63, 3.8) is 0 Å². The highest BCUT2D eigenvalue weighted by Gasteiger charge is 2.29. The van der Waals surface area contributed by atoms with Crippen LogP contribution in [0.5, 0.6) is 17.2 Å². The fraction of sp³-hybridized carbons (Fsp3) is 0.429. The summed E-state index contributed by atoms with van der Waals surface area (Å²) in [6.45, 7) is 3.99. The van der Waals surface area contributed by atoms with Crippen molar-refractivity contribution in [1.29, 1.82) is 0 Å². The Bertz CT molecular complexity index is 712. The summed E-state index contributed by atoms with van der Waals surface area (Å²) in [6, 6.07) is 14.3. The van der Waals surface area contributed by atoms with E-state index in [1.165, 1.54) is 0 Å². The largest absolute Gasteiger partial charge is 0.496 e. The number of hydrogen-bond donors (Lipinski definition) is 1. The Balaban J connectivity index is 2.15. The lowest BCUT2D eigenvalue weighted by atomic mass is 9.94. The summed E-state index contributed by atoms with van der Waals surface area (Å²) in [4.78, 5) is 2.50. The van der Waals surface area contributed by atoms with Gasteiger partial charge in [0.25, 0.3) is 0 Å². The maximum atomic E-state index is 5.76. The molecule has 26 heavy (non-hydrogen) atoms. The van der Waals surface area contributed by atoms with Crippen molar-refractivity contribution < 1.29 is 14.2 Å². The molecule has 0 bridgehead atoms. The fourth-order valence-corrected chi connectivity index (χ4v) is 3.71. The van der Waals surface area contributed by atoms with Gasteiger partial charge in [0.15, 0.2) is 11.5 Å². The molecule has 1 saturated heterocycles. The molecule has 5 nitrogen and oxygen atoms in total. The third kappa shape index (κ3) is 3.79. The van der Waals surface area contributed by atoms with Crippen LogP contribution in [-0.2, 0) is 0 Å². The molecule has 1 unspecified atom stereocenters. The lowest BCUT2D eigenvalue weighted by molar-refractivity contribution is 0.230. The first kappa shape index (κ1) is 18.5. The Hall–Kier alpha value is -2.24. The van der Waals surface area contributed by atoms with Crippen LogP contribution in [0.1, 0.15) is 23.6 Å².